The number of aliphatic hydroxyl groups is 1. The maximum atomic E-state index is 8.55. The highest BCUT2D eigenvalue weighted by Crippen LogP contribution is 1.92. The quantitative estimate of drug-likeness (QED) is 0.703. The summed E-state index contributed by atoms with van der Waals surface area (Å²) in [5.74, 6) is 0. The molecule has 0 aromatic carbocycles. The molecule has 0 aliphatic rings. The van der Waals surface area contributed by atoms with E-state index in [1.54, 1.807) is 17.1 Å². The lowest BCUT2D eigenvalue weighted by molar-refractivity contribution is 0.272. The number of nitrogens with zero attached hydrogens (tertiary/aromatic N) is 2. The van der Waals surface area contributed by atoms with Crippen molar-refractivity contribution >= 4 is 0 Å². The zero-order chi connectivity index (χ0) is 9.98. The van der Waals surface area contributed by atoms with Crippen molar-refractivity contribution in [2.45, 2.75) is 34.3 Å². The van der Waals surface area contributed by atoms with Crippen LogP contribution in [0.15, 0.2) is 12.5 Å². The van der Waals surface area contributed by atoms with Crippen molar-refractivity contribution in [3.63, 3.8) is 0 Å². The first-order valence-electron chi connectivity index (χ1n) is 4.40. The van der Waals surface area contributed by atoms with Gasteiger partial charge in [-0.2, -0.15) is 0 Å². The Bertz CT molecular complexity index is 173. The minimum absolute atomic E-state index is 0.0660. The molecule has 0 radical (unpaired) electrons. The van der Waals surface area contributed by atoms with Gasteiger partial charge in [-0.25, -0.2) is 4.98 Å². The number of imidazole rings is 1. The molecule has 0 unspecified atom stereocenters. The lowest BCUT2D eigenvalue weighted by Crippen LogP contribution is -1.92. The Balaban J connectivity index is 0. The van der Waals surface area contributed by atoms with Crippen LogP contribution in [0.5, 0.6) is 0 Å². The summed E-state index contributed by atoms with van der Waals surface area (Å²) in [6.07, 6.45) is 3.30. The first-order valence-corrected chi connectivity index (χ1v) is 4.40. The molecule has 0 amide bonds. The van der Waals surface area contributed by atoms with Crippen molar-refractivity contribution in [1.29, 1.82) is 0 Å². The zero-order valence-electron chi connectivity index (χ0n) is 8.70. The summed E-state index contributed by atoms with van der Waals surface area (Å²) in [7, 11) is 1.85. The van der Waals surface area contributed by atoms with Gasteiger partial charge in [0.05, 0.1) is 24.8 Å². The van der Waals surface area contributed by atoms with Gasteiger partial charge in [-0.1, -0.05) is 27.7 Å². The van der Waals surface area contributed by atoms with Gasteiger partial charge in [0.25, 0.3) is 0 Å². The van der Waals surface area contributed by atoms with Crippen LogP contribution >= 0.6 is 0 Å². The van der Waals surface area contributed by atoms with Crippen LogP contribution in [-0.4, -0.2) is 14.7 Å². The van der Waals surface area contributed by atoms with E-state index in [0.717, 1.165) is 5.69 Å². The van der Waals surface area contributed by atoms with Crippen molar-refractivity contribution in [3.8, 4) is 0 Å². The largest absolute Gasteiger partial charge is 0.390 e. The molecule has 72 valence electrons. The van der Waals surface area contributed by atoms with Crippen LogP contribution in [0, 0.1) is 0 Å². The fraction of sp³-hybridized carbons (Fsp3) is 0.667. The van der Waals surface area contributed by atoms with Crippen LogP contribution in [0.1, 0.15) is 33.4 Å². The second kappa shape index (κ2) is 10.2. The number of aromatic nitrogens is 2. The summed E-state index contributed by atoms with van der Waals surface area (Å²) in [5.41, 5.74) is 0.838. The second-order valence-electron chi connectivity index (χ2n) is 1.65. The number of rotatable bonds is 1. The minimum Gasteiger partial charge on any atom is -0.390 e. The molecular weight excluding hydrogens is 152 g/mol. The first kappa shape index (κ1) is 13.7. The van der Waals surface area contributed by atoms with Crippen molar-refractivity contribution in [2.75, 3.05) is 0 Å². The summed E-state index contributed by atoms with van der Waals surface area (Å²) in [4.78, 5) is 3.80. The third kappa shape index (κ3) is 4.91. The molecule has 0 aliphatic heterocycles. The van der Waals surface area contributed by atoms with E-state index in [0.29, 0.717) is 0 Å². The highest BCUT2D eigenvalue weighted by Gasteiger charge is 1.91. The fourth-order valence-electron chi connectivity index (χ4n) is 0.537. The van der Waals surface area contributed by atoms with Gasteiger partial charge >= 0.3 is 0 Å². The smallest absolute Gasteiger partial charge is 0.0946 e. The van der Waals surface area contributed by atoms with Crippen molar-refractivity contribution in [3.05, 3.63) is 18.2 Å². The number of hydrogen-bond donors (Lipinski definition) is 1. The molecule has 0 bridgehead atoms. The lowest BCUT2D eigenvalue weighted by Gasteiger charge is -1.92. The topological polar surface area (TPSA) is 38.0 Å². The Hall–Kier alpha value is -0.830. The van der Waals surface area contributed by atoms with E-state index in [9.17, 15) is 0 Å². The second-order valence-corrected chi connectivity index (χ2v) is 1.65. The molecule has 12 heavy (non-hydrogen) atoms. The Labute approximate surface area is 75.1 Å². The van der Waals surface area contributed by atoms with E-state index in [4.69, 9.17) is 5.11 Å². The normalized spacial score (nSPS) is 7.50. The van der Waals surface area contributed by atoms with Crippen LogP contribution in [0.2, 0.25) is 0 Å². The van der Waals surface area contributed by atoms with Crippen LogP contribution in [0.3, 0.4) is 0 Å². The summed E-state index contributed by atoms with van der Waals surface area (Å²) in [6.45, 7) is 8.07. The van der Waals surface area contributed by atoms with Crippen molar-refractivity contribution < 1.29 is 5.11 Å². The number of aryl methyl sites for hydroxylation is 1. The zero-order valence-corrected chi connectivity index (χ0v) is 8.70. The molecule has 0 aliphatic carbocycles. The van der Waals surface area contributed by atoms with E-state index < -0.39 is 0 Å². The fourth-order valence-corrected chi connectivity index (χ4v) is 0.537. The van der Waals surface area contributed by atoms with Crippen LogP contribution in [-0.2, 0) is 13.7 Å². The van der Waals surface area contributed by atoms with E-state index in [2.05, 4.69) is 4.98 Å². The van der Waals surface area contributed by atoms with Gasteiger partial charge in [0.1, 0.15) is 0 Å². The van der Waals surface area contributed by atoms with Gasteiger partial charge < -0.3 is 9.67 Å². The number of hydrogen-bond acceptors (Lipinski definition) is 2. The molecule has 0 atom stereocenters. The van der Waals surface area contributed by atoms with Gasteiger partial charge in [0.15, 0.2) is 0 Å². The Morgan fingerprint density at radius 1 is 1.33 bits per heavy atom. The Morgan fingerprint density at radius 3 is 2.00 bits per heavy atom. The van der Waals surface area contributed by atoms with E-state index >= 15 is 0 Å². The van der Waals surface area contributed by atoms with Gasteiger partial charge in [-0.3, -0.25) is 0 Å². The lowest BCUT2D eigenvalue weighted by atomic mass is 10.5. The standard InChI is InChI=1S/C5H8N2O.2C2H6/c1-7-4-6-2-5(7)3-8;2*1-2/h2,4,8H,3H2,1H3;2*1-2H3. The monoisotopic (exact) mass is 172 g/mol. The molecule has 0 saturated heterocycles. The molecule has 1 heterocycles. The molecule has 1 aromatic rings. The molecule has 1 aromatic heterocycles. The van der Waals surface area contributed by atoms with E-state index in [1.165, 1.54) is 0 Å². The summed E-state index contributed by atoms with van der Waals surface area (Å²) >= 11 is 0. The Morgan fingerprint density at radius 2 is 1.83 bits per heavy atom. The van der Waals surface area contributed by atoms with E-state index in [-0.39, 0.29) is 6.61 Å². The maximum Gasteiger partial charge on any atom is 0.0946 e. The summed E-state index contributed by atoms with van der Waals surface area (Å²) in [6, 6.07) is 0. The molecule has 0 saturated carbocycles. The molecule has 0 fully saturated rings. The molecule has 1 rings (SSSR count). The average Bonchev–Trinajstić information content (AvgIpc) is 2.58. The first-order chi connectivity index (χ1) is 5.84. The highest BCUT2D eigenvalue weighted by molar-refractivity contribution is 4.94. The van der Waals surface area contributed by atoms with Gasteiger partial charge in [0.2, 0.25) is 0 Å². The van der Waals surface area contributed by atoms with E-state index in [1.807, 2.05) is 34.7 Å². The third-order valence-electron chi connectivity index (χ3n) is 1.08. The number of aliphatic hydroxyl groups excluding tert-OH is 1. The molecule has 0 spiro atoms. The van der Waals surface area contributed by atoms with Gasteiger partial charge in [-0.15, -0.1) is 0 Å². The minimum atomic E-state index is 0.0660. The Kier molecular flexibility index (Phi) is 11.6. The van der Waals surface area contributed by atoms with Crippen LogP contribution < -0.4 is 0 Å². The molecule has 3 heteroatoms. The maximum absolute atomic E-state index is 8.55. The molecule has 1 N–H and O–H groups in total. The van der Waals surface area contributed by atoms with Gasteiger partial charge in [-0.05, 0) is 0 Å². The average molecular weight is 172 g/mol. The predicted molar refractivity (Wildman–Crippen MR) is 51.8 cm³/mol. The predicted octanol–water partition coefficient (Wildman–Crippen LogP) is 1.96. The van der Waals surface area contributed by atoms with Crippen LogP contribution in [0.4, 0.5) is 0 Å². The van der Waals surface area contributed by atoms with Crippen molar-refractivity contribution in [2.24, 2.45) is 7.05 Å². The highest BCUT2D eigenvalue weighted by atomic mass is 16.3. The third-order valence-corrected chi connectivity index (χ3v) is 1.08. The van der Waals surface area contributed by atoms with Crippen LogP contribution in [0.25, 0.3) is 0 Å². The molecule has 3 nitrogen and oxygen atoms in total. The molecular formula is C9H20N2O. The summed E-state index contributed by atoms with van der Waals surface area (Å²) < 4.78 is 1.78. The SMILES string of the molecule is CC.CC.Cn1cncc1CO. The van der Waals surface area contributed by atoms with Crippen molar-refractivity contribution in [1.82, 2.24) is 9.55 Å². The van der Waals surface area contributed by atoms with Gasteiger partial charge in [0, 0.05) is 7.05 Å². The summed E-state index contributed by atoms with van der Waals surface area (Å²) in [5, 5.41) is 8.55.